The van der Waals surface area contributed by atoms with Crippen molar-refractivity contribution in [3.05, 3.63) is 0 Å². The van der Waals surface area contributed by atoms with Gasteiger partial charge in [-0.3, -0.25) is 4.79 Å². The average Bonchev–Trinajstić information content (AvgIpc) is 2.79. The number of hydrogen-bond donors (Lipinski definition) is 0. The normalized spacial score (nSPS) is 32.4. The van der Waals surface area contributed by atoms with Crippen LogP contribution in [0, 0.1) is 0 Å². The zero-order chi connectivity index (χ0) is 11.5. The van der Waals surface area contributed by atoms with Gasteiger partial charge in [0.05, 0.1) is 0 Å². The summed E-state index contributed by atoms with van der Waals surface area (Å²) in [6.07, 6.45) is 6.50. The fraction of sp³-hybridized carbons (Fsp3) is 0.923. The molecular formula is C13H24N2O. The predicted octanol–water partition coefficient (Wildman–Crippen LogP) is 1.52. The lowest BCUT2D eigenvalue weighted by Crippen LogP contribution is -2.31. The molecule has 0 aromatic heterocycles. The van der Waals surface area contributed by atoms with E-state index in [2.05, 4.69) is 23.9 Å². The van der Waals surface area contributed by atoms with E-state index in [0.29, 0.717) is 17.9 Å². The van der Waals surface area contributed by atoms with Crippen molar-refractivity contribution in [3.63, 3.8) is 0 Å². The number of nitrogens with zero attached hydrogens (tertiary/aromatic N) is 2. The van der Waals surface area contributed by atoms with Crippen LogP contribution in [0.1, 0.15) is 38.5 Å². The molecule has 2 atom stereocenters. The van der Waals surface area contributed by atoms with Crippen LogP contribution in [0.25, 0.3) is 0 Å². The van der Waals surface area contributed by atoms with E-state index in [4.69, 9.17) is 0 Å². The molecule has 0 spiro atoms. The maximum absolute atomic E-state index is 12.0. The summed E-state index contributed by atoms with van der Waals surface area (Å²) in [5, 5.41) is 0. The van der Waals surface area contributed by atoms with E-state index in [9.17, 15) is 4.79 Å². The van der Waals surface area contributed by atoms with Crippen molar-refractivity contribution in [2.24, 2.45) is 0 Å². The Morgan fingerprint density at radius 3 is 1.75 bits per heavy atom. The van der Waals surface area contributed by atoms with Gasteiger partial charge in [0, 0.05) is 24.9 Å². The highest BCUT2D eigenvalue weighted by atomic mass is 16.1. The Hall–Kier alpha value is -0.410. The molecule has 92 valence electrons. The second-order valence-electron chi connectivity index (χ2n) is 5.50. The van der Waals surface area contributed by atoms with E-state index in [1.807, 2.05) is 0 Å². The van der Waals surface area contributed by atoms with Crippen molar-refractivity contribution in [1.29, 1.82) is 0 Å². The van der Waals surface area contributed by atoms with Crippen LogP contribution in [0.5, 0.6) is 0 Å². The predicted molar refractivity (Wildman–Crippen MR) is 65.5 cm³/mol. The number of likely N-dealkylation sites (tertiary alicyclic amines) is 2. The Morgan fingerprint density at radius 2 is 1.44 bits per heavy atom. The molecule has 3 nitrogen and oxygen atoms in total. The molecule has 2 saturated heterocycles. The van der Waals surface area contributed by atoms with Crippen LogP contribution in [-0.2, 0) is 4.79 Å². The molecule has 0 unspecified atom stereocenters. The Morgan fingerprint density at radius 1 is 1.00 bits per heavy atom. The Labute approximate surface area is 98.8 Å². The lowest BCUT2D eigenvalue weighted by molar-refractivity contribution is -0.120. The number of Topliss-reactive ketones (excluding diaryl/α,β-unsaturated/α-hetero) is 1. The molecule has 2 heterocycles. The fourth-order valence-electron chi connectivity index (χ4n) is 3.08. The van der Waals surface area contributed by atoms with Crippen molar-refractivity contribution in [2.45, 2.75) is 50.6 Å². The standard InChI is InChI=1S/C13H24N2O/c1-14-7-3-5-11(14)9-13(16)10-12-6-4-8-15(12)2/h11-12H,3-10H2,1-2H3/t11-,12-/m1/s1. The highest BCUT2D eigenvalue weighted by molar-refractivity contribution is 5.79. The number of hydrogen-bond acceptors (Lipinski definition) is 3. The van der Waals surface area contributed by atoms with E-state index in [-0.39, 0.29) is 0 Å². The summed E-state index contributed by atoms with van der Waals surface area (Å²) in [6, 6.07) is 1.05. The molecule has 2 aliphatic heterocycles. The van der Waals surface area contributed by atoms with E-state index in [1.165, 1.54) is 38.8 Å². The van der Waals surface area contributed by atoms with Gasteiger partial charge in [0.15, 0.2) is 0 Å². The Kier molecular flexibility index (Phi) is 3.98. The number of carbonyl (C=O) groups excluding carboxylic acids is 1. The molecule has 16 heavy (non-hydrogen) atoms. The topological polar surface area (TPSA) is 23.6 Å². The molecule has 3 heteroatoms. The van der Waals surface area contributed by atoms with Crippen molar-refractivity contribution in [1.82, 2.24) is 9.80 Å². The van der Waals surface area contributed by atoms with E-state index in [0.717, 1.165) is 12.8 Å². The summed E-state index contributed by atoms with van der Waals surface area (Å²) in [4.78, 5) is 16.7. The van der Waals surface area contributed by atoms with Gasteiger partial charge < -0.3 is 9.80 Å². The van der Waals surface area contributed by atoms with E-state index in [1.54, 1.807) is 0 Å². The highest BCUT2D eigenvalue weighted by Crippen LogP contribution is 2.22. The molecule has 0 aliphatic carbocycles. The maximum atomic E-state index is 12.0. The Bertz CT molecular complexity index is 230. The summed E-state index contributed by atoms with van der Waals surface area (Å²) in [6.45, 7) is 2.34. The second kappa shape index (κ2) is 5.28. The van der Waals surface area contributed by atoms with Crippen molar-refractivity contribution < 1.29 is 4.79 Å². The van der Waals surface area contributed by atoms with Gasteiger partial charge in [-0.1, -0.05) is 0 Å². The third-order valence-corrected chi connectivity index (χ3v) is 4.27. The molecule has 0 N–H and O–H groups in total. The van der Waals surface area contributed by atoms with Gasteiger partial charge in [-0.05, 0) is 52.9 Å². The first-order valence-corrected chi connectivity index (χ1v) is 6.59. The third kappa shape index (κ3) is 2.83. The molecule has 2 aliphatic rings. The zero-order valence-corrected chi connectivity index (χ0v) is 10.6. The minimum absolute atomic E-state index is 0.470. The van der Waals surface area contributed by atoms with Crippen molar-refractivity contribution >= 4 is 5.78 Å². The van der Waals surface area contributed by atoms with Gasteiger partial charge in [-0.2, -0.15) is 0 Å². The van der Waals surface area contributed by atoms with E-state index >= 15 is 0 Å². The van der Waals surface area contributed by atoms with Crippen LogP contribution in [0.2, 0.25) is 0 Å². The van der Waals surface area contributed by atoms with Crippen LogP contribution in [-0.4, -0.2) is 54.9 Å². The van der Waals surface area contributed by atoms with Crippen LogP contribution < -0.4 is 0 Å². The number of carbonyl (C=O) groups is 1. The summed E-state index contributed by atoms with van der Waals surface area (Å²) in [7, 11) is 4.29. The molecule has 0 amide bonds. The first-order chi connectivity index (χ1) is 7.66. The molecule has 0 aromatic rings. The first kappa shape index (κ1) is 12.1. The molecular weight excluding hydrogens is 200 g/mol. The summed E-state index contributed by atoms with van der Waals surface area (Å²) < 4.78 is 0. The fourth-order valence-corrected chi connectivity index (χ4v) is 3.08. The van der Waals surface area contributed by atoms with Crippen LogP contribution in [0.4, 0.5) is 0 Å². The monoisotopic (exact) mass is 224 g/mol. The molecule has 2 fully saturated rings. The molecule has 2 rings (SSSR count). The van der Waals surface area contributed by atoms with Crippen LogP contribution >= 0.6 is 0 Å². The van der Waals surface area contributed by atoms with Gasteiger partial charge in [0.2, 0.25) is 0 Å². The van der Waals surface area contributed by atoms with Gasteiger partial charge in [-0.15, -0.1) is 0 Å². The molecule has 0 aromatic carbocycles. The summed E-state index contributed by atoms with van der Waals surface area (Å²) in [5.74, 6) is 0.470. The largest absolute Gasteiger partial charge is 0.303 e. The smallest absolute Gasteiger partial charge is 0.136 e. The van der Waals surface area contributed by atoms with Gasteiger partial charge in [0.1, 0.15) is 5.78 Å². The molecule has 0 radical (unpaired) electrons. The number of ketones is 1. The van der Waals surface area contributed by atoms with Crippen molar-refractivity contribution in [2.75, 3.05) is 27.2 Å². The third-order valence-electron chi connectivity index (χ3n) is 4.27. The molecule has 0 saturated carbocycles. The minimum atomic E-state index is 0.470. The van der Waals surface area contributed by atoms with Crippen molar-refractivity contribution in [3.8, 4) is 0 Å². The van der Waals surface area contributed by atoms with Gasteiger partial charge in [0.25, 0.3) is 0 Å². The summed E-state index contributed by atoms with van der Waals surface area (Å²) in [5.41, 5.74) is 0. The average molecular weight is 224 g/mol. The Balaban J connectivity index is 1.75. The van der Waals surface area contributed by atoms with Crippen LogP contribution in [0.3, 0.4) is 0 Å². The molecule has 0 bridgehead atoms. The quantitative estimate of drug-likeness (QED) is 0.723. The number of rotatable bonds is 4. The second-order valence-corrected chi connectivity index (χ2v) is 5.50. The zero-order valence-electron chi connectivity index (χ0n) is 10.6. The van der Waals surface area contributed by atoms with Crippen LogP contribution in [0.15, 0.2) is 0 Å². The lowest BCUT2D eigenvalue weighted by Gasteiger charge is -2.21. The highest BCUT2D eigenvalue weighted by Gasteiger charge is 2.27. The SMILES string of the molecule is CN1CCC[C@@H]1CC(=O)C[C@H]1CCCN1C. The minimum Gasteiger partial charge on any atom is -0.303 e. The summed E-state index contributed by atoms with van der Waals surface area (Å²) >= 11 is 0. The van der Waals surface area contributed by atoms with Gasteiger partial charge >= 0.3 is 0 Å². The van der Waals surface area contributed by atoms with E-state index < -0.39 is 0 Å². The lowest BCUT2D eigenvalue weighted by atomic mass is 10.0. The first-order valence-electron chi connectivity index (χ1n) is 6.59. The maximum Gasteiger partial charge on any atom is 0.136 e. The van der Waals surface area contributed by atoms with Gasteiger partial charge in [-0.25, -0.2) is 0 Å².